The van der Waals surface area contributed by atoms with Crippen LogP contribution in [0.3, 0.4) is 0 Å². The maximum absolute atomic E-state index is 13.2. The average Bonchev–Trinajstić information content (AvgIpc) is 2.89. The van der Waals surface area contributed by atoms with Crippen molar-refractivity contribution in [3.8, 4) is 0 Å². The van der Waals surface area contributed by atoms with Gasteiger partial charge in [-0.3, -0.25) is 0 Å². The van der Waals surface area contributed by atoms with E-state index < -0.39 is 0 Å². The first-order chi connectivity index (χ1) is 8.22. The van der Waals surface area contributed by atoms with Crippen LogP contribution < -0.4 is 5.32 Å². The van der Waals surface area contributed by atoms with Crippen molar-refractivity contribution < 1.29 is 9.50 Å². The molecular weight excluding hydrogens is 217 g/mol. The molecule has 2 N–H and O–H groups in total. The first-order valence-corrected chi connectivity index (χ1v) is 6.36. The van der Waals surface area contributed by atoms with Crippen LogP contribution in [0.15, 0.2) is 24.3 Å². The second-order valence-electron chi connectivity index (χ2n) is 5.53. The molecule has 0 heterocycles. The van der Waals surface area contributed by atoms with Crippen LogP contribution in [0.5, 0.6) is 0 Å². The van der Waals surface area contributed by atoms with E-state index in [1.807, 2.05) is 6.07 Å². The molecule has 0 radical (unpaired) electrons. The summed E-state index contributed by atoms with van der Waals surface area (Å²) in [5, 5.41) is 13.1. The van der Waals surface area contributed by atoms with Gasteiger partial charge in [-0.05, 0) is 55.7 Å². The van der Waals surface area contributed by atoms with Gasteiger partial charge in [0.1, 0.15) is 5.82 Å². The maximum Gasteiger partial charge on any atom is 0.125 e. The Morgan fingerprint density at radius 3 is 2.88 bits per heavy atom. The van der Waals surface area contributed by atoms with Gasteiger partial charge in [-0.25, -0.2) is 4.39 Å². The summed E-state index contributed by atoms with van der Waals surface area (Å²) in [4.78, 5) is 0. The number of aliphatic hydroxyl groups is 1. The number of anilines is 1. The third kappa shape index (κ3) is 1.82. The fraction of sp³-hybridized carbons (Fsp3) is 0.571. The summed E-state index contributed by atoms with van der Waals surface area (Å²) in [5.74, 6) is 1.06. The van der Waals surface area contributed by atoms with E-state index in [0.29, 0.717) is 5.92 Å². The van der Waals surface area contributed by atoms with E-state index in [4.69, 9.17) is 0 Å². The standard InChI is InChI=1S/C14H18FNO/c15-12-2-1-3-13(7-12)16-14(9-17)8-10-4-5-11(14)6-10/h1-3,7,10-11,16-17H,4-6,8-9H2. The fourth-order valence-electron chi connectivity index (χ4n) is 3.68. The lowest BCUT2D eigenvalue weighted by molar-refractivity contribution is 0.159. The van der Waals surface area contributed by atoms with Gasteiger partial charge < -0.3 is 10.4 Å². The van der Waals surface area contributed by atoms with Crippen LogP contribution in [0, 0.1) is 17.7 Å². The molecule has 1 aromatic rings. The molecule has 92 valence electrons. The number of halogens is 1. The Morgan fingerprint density at radius 2 is 2.29 bits per heavy atom. The van der Waals surface area contributed by atoms with Gasteiger partial charge in [-0.1, -0.05) is 6.07 Å². The minimum absolute atomic E-state index is 0.144. The van der Waals surface area contributed by atoms with Crippen molar-refractivity contribution in [1.29, 1.82) is 0 Å². The lowest BCUT2D eigenvalue weighted by Gasteiger charge is -2.38. The van der Waals surface area contributed by atoms with Crippen LogP contribution in [-0.4, -0.2) is 17.3 Å². The summed E-state index contributed by atoms with van der Waals surface area (Å²) in [5.41, 5.74) is 0.572. The highest BCUT2D eigenvalue weighted by Crippen LogP contribution is 2.51. The summed E-state index contributed by atoms with van der Waals surface area (Å²) >= 11 is 0. The van der Waals surface area contributed by atoms with Crippen molar-refractivity contribution >= 4 is 5.69 Å². The normalized spacial score (nSPS) is 35.2. The zero-order valence-corrected chi connectivity index (χ0v) is 9.82. The van der Waals surface area contributed by atoms with E-state index in [1.54, 1.807) is 6.07 Å². The van der Waals surface area contributed by atoms with E-state index in [-0.39, 0.29) is 18.0 Å². The molecule has 17 heavy (non-hydrogen) atoms. The molecule has 1 aromatic carbocycles. The topological polar surface area (TPSA) is 32.3 Å². The predicted octanol–water partition coefficient (Wildman–Crippen LogP) is 2.79. The maximum atomic E-state index is 13.2. The lowest BCUT2D eigenvalue weighted by atomic mass is 9.81. The molecule has 0 aliphatic heterocycles. The van der Waals surface area contributed by atoms with E-state index in [2.05, 4.69) is 5.32 Å². The Bertz CT molecular complexity index is 422. The van der Waals surface area contributed by atoms with Crippen molar-refractivity contribution in [2.75, 3.05) is 11.9 Å². The SMILES string of the molecule is OCC1(Nc2cccc(F)c2)CC2CCC1C2. The predicted molar refractivity (Wildman–Crippen MR) is 65.3 cm³/mol. The van der Waals surface area contributed by atoms with Crippen molar-refractivity contribution in [2.24, 2.45) is 11.8 Å². The number of rotatable bonds is 3. The van der Waals surface area contributed by atoms with Crippen LogP contribution in [0.2, 0.25) is 0 Å². The Morgan fingerprint density at radius 1 is 1.41 bits per heavy atom. The van der Waals surface area contributed by atoms with Gasteiger partial charge in [-0.15, -0.1) is 0 Å². The Labute approximate surface area is 101 Å². The van der Waals surface area contributed by atoms with Crippen LogP contribution in [0.4, 0.5) is 10.1 Å². The molecule has 0 saturated heterocycles. The van der Waals surface area contributed by atoms with Gasteiger partial charge in [0.15, 0.2) is 0 Å². The summed E-state index contributed by atoms with van der Waals surface area (Å²) in [6.45, 7) is 0.144. The van der Waals surface area contributed by atoms with Gasteiger partial charge in [0, 0.05) is 5.69 Å². The number of fused-ring (bicyclic) bond motifs is 2. The number of benzene rings is 1. The molecule has 2 nitrogen and oxygen atoms in total. The van der Waals surface area contributed by atoms with Crippen molar-refractivity contribution in [1.82, 2.24) is 0 Å². The van der Waals surface area contributed by atoms with Crippen molar-refractivity contribution in [2.45, 2.75) is 31.2 Å². The van der Waals surface area contributed by atoms with Gasteiger partial charge in [-0.2, -0.15) is 0 Å². The molecule has 2 aliphatic rings. The number of nitrogens with one attached hydrogen (secondary N) is 1. The van der Waals surface area contributed by atoms with Crippen molar-refractivity contribution in [3.63, 3.8) is 0 Å². The third-order valence-corrected chi connectivity index (χ3v) is 4.48. The van der Waals surface area contributed by atoms with Crippen molar-refractivity contribution in [3.05, 3.63) is 30.1 Å². The largest absolute Gasteiger partial charge is 0.394 e. The number of hydrogen-bond acceptors (Lipinski definition) is 2. The fourth-order valence-corrected chi connectivity index (χ4v) is 3.68. The highest BCUT2D eigenvalue weighted by atomic mass is 19.1. The van der Waals surface area contributed by atoms with E-state index >= 15 is 0 Å². The van der Waals surface area contributed by atoms with Gasteiger partial charge in [0.25, 0.3) is 0 Å². The zero-order valence-electron chi connectivity index (χ0n) is 9.82. The van der Waals surface area contributed by atoms with Gasteiger partial charge in [0.05, 0.1) is 12.1 Å². The van der Waals surface area contributed by atoms with Gasteiger partial charge >= 0.3 is 0 Å². The Hall–Kier alpha value is -1.09. The average molecular weight is 235 g/mol. The van der Waals surface area contributed by atoms with E-state index in [1.165, 1.54) is 31.4 Å². The smallest absolute Gasteiger partial charge is 0.125 e. The molecule has 0 aromatic heterocycles. The van der Waals surface area contributed by atoms with Crippen LogP contribution >= 0.6 is 0 Å². The summed E-state index contributed by atoms with van der Waals surface area (Å²) < 4.78 is 13.2. The van der Waals surface area contributed by atoms with Gasteiger partial charge in [0.2, 0.25) is 0 Å². The minimum atomic E-state index is -0.230. The molecule has 3 atom stereocenters. The first kappa shape index (κ1) is 11.0. The molecule has 2 fully saturated rings. The summed E-state index contributed by atoms with van der Waals surface area (Å²) in [7, 11) is 0. The zero-order chi connectivity index (χ0) is 11.9. The molecule has 3 unspecified atom stereocenters. The van der Waals surface area contributed by atoms with Crippen LogP contribution in [-0.2, 0) is 0 Å². The highest BCUT2D eigenvalue weighted by Gasteiger charge is 2.50. The molecular formula is C14H18FNO. The molecule has 2 aliphatic carbocycles. The van der Waals surface area contributed by atoms with Crippen LogP contribution in [0.25, 0.3) is 0 Å². The quantitative estimate of drug-likeness (QED) is 0.844. The first-order valence-electron chi connectivity index (χ1n) is 6.36. The molecule has 2 bridgehead atoms. The van der Waals surface area contributed by atoms with E-state index in [0.717, 1.165) is 18.0 Å². The molecule has 2 saturated carbocycles. The summed E-state index contributed by atoms with van der Waals surface area (Å²) in [6.07, 6.45) is 4.71. The minimum Gasteiger partial charge on any atom is -0.394 e. The monoisotopic (exact) mass is 235 g/mol. The molecule has 0 spiro atoms. The molecule has 0 amide bonds. The highest BCUT2D eigenvalue weighted by molar-refractivity contribution is 5.46. The Balaban J connectivity index is 1.83. The van der Waals surface area contributed by atoms with Crippen LogP contribution in [0.1, 0.15) is 25.7 Å². The second-order valence-corrected chi connectivity index (χ2v) is 5.53. The number of hydrogen-bond donors (Lipinski definition) is 2. The molecule has 3 heteroatoms. The lowest BCUT2D eigenvalue weighted by Crippen LogP contribution is -2.46. The number of aliphatic hydroxyl groups excluding tert-OH is 1. The van der Waals surface area contributed by atoms with E-state index in [9.17, 15) is 9.50 Å². The molecule has 3 rings (SSSR count). The summed E-state index contributed by atoms with van der Waals surface area (Å²) in [6, 6.07) is 6.52. The Kier molecular flexibility index (Phi) is 2.58. The second kappa shape index (κ2) is 3.98. The third-order valence-electron chi connectivity index (χ3n) is 4.48.